The molecule has 0 aromatic heterocycles. The van der Waals surface area contributed by atoms with E-state index in [4.69, 9.17) is 5.73 Å². The van der Waals surface area contributed by atoms with Crippen LogP contribution in [-0.2, 0) is 0 Å². The van der Waals surface area contributed by atoms with Gasteiger partial charge in [0.15, 0.2) is 0 Å². The third-order valence-electron chi connectivity index (χ3n) is 2.13. The second-order valence-electron chi connectivity index (χ2n) is 3.04. The van der Waals surface area contributed by atoms with Gasteiger partial charge in [0.2, 0.25) is 0 Å². The Labute approximate surface area is 62.8 Å². The van der Waals surface area contributed by atoms with Crippen LogP contribution in [0.25, 0.3) is 0 Å². The van der Waals surface area contributed by atoms with E-state index in [2.05, 4.69) is 24.1 Å². The van der Waals surface area contributed by atoms with E-state index in [1.165, 1.54) is 19.4 Å². The molecule has 1 saturated heterocycles. The van der Waals surface area contributed by atoms with Gasteiger partial charge >= 0.3 is 0 Å². The highest BCUT2D eigenvalue weighted by atomic mass is 15.6. The van der Waals surface area contributed by atoms with Crippen LogP contribution in [0.15, 0.2) is 0 Å². The molecule has 1 atom stereocenters. The molecule has 0 aliphatic carbocycles. The van der Waals surface area contributed by atoms with Gasteiger partial charge in [-0.2, -0.15) is 0 Å². The maximum absolute atomic E-state index is 5.59. The summed E-state index contributed by atoms with van der Waals surface area (Å²) in [5.74, 6) is 0. The summed E-state index contributed by atoms with van der Waals surface area (Å²) in [5, 5.41) is 4.48. The fourth-order valence-corrected chi connectivity index (χ4v) is 1.59. The molecule has 2 N–H and O–H groups in total. The van der Waals surface area contributed by atoms with Gasteiger partial charge in [-0.05, 0) is 12.8 Å². The number of hydrogen-bond donors (Lipinski definition) is 1. The van der Waals surface area contributed by atoms with Crippen LogP contribution in [0.5, 0.6) is 0 Å². The highest BCUT2D eigenvalue weighted by molar-refractivity contribution is 4.76. The minimum atomic E-state index is 0.593. The van der Waals surface area contributed by atoms with Crippen molar-refractivity contribution in [2.45, 2.75) is 18.9 Å². The minimum Gasteiger partial charge on any atom is -0.329 e. The summed E-state index contributed by atoms with van der Waals surface area (Å²) >= 11 is 0. The molecule has 1 aliphatic heterocycles. The maximum Gasteiger partial charge on any atom is 0.0368 e. The van der Waals surface area contributed by atoms with Gasteiger partial charge in [-0.25, -0.2) is 10.0 Å². The third-order valence-corrected chi connectivity index (χ3v) is 2.13. The molecule has 1 rings (SSSR count). The van der Waals surface area contributed by atoms with Crippen LogP contribution in [0.1, 0.15) is 12.8 Å². The van der Waals surface area contributed by atoms with Crippen LogP contribution in [0.3, 0.4) is 0 Å². The Morgan fingerprint density at radius 2 is 2.30 bits per heavy atom. The summed E-state index contributed by atoms with van der Waals surface area (Å²) in [4.78, 5) is 0. The summed E-state index contributed by atoms with van der Waals surface area (Å²) in [6, 6.07) is 0.593. The van der Waals surface area contributed by atoms with E-state index in [9.17, 15) is 0 Å². The van der Waals surface area contributed by atoms with Crippen LogP contribution in [0.4, 0.5) is 0 Å². The Bertz CT molecular complexity index is 103. The molecule has 1 unspecified atom stereocenters. The van der Waals surface area contributed by atoms with E-state index in [0.29, 0.717) is 6.04 Å². The molecule has 0 amide bonds. The maximum atomic E-state index is 5.59. The van der Waals surface area contributed by atoms with Crippen molar-refractivity contribution in [2.75, 3.05) is 27.2 Å². The van der Waals surface area contributed by atoms with E-state index in [1.54, 1.807) is 0 Å². The average Bonchev–Trinajstić information content (AvgIpc) is 2.33. The molecule has 3 heteroatoms. The molecule has 0 radical (unpaired) electrons. The van der Waals surface area contributed by atoms with Gasteiger partial charge in [0, 0.05) is 33.2 Å². The molecule has 0 aromatic carbocycles. The lowest BCUT2D eigenvalue weighted by Crippen LogP contribution is -2.43. The van der Waals surface area contributed by atoms with E-state index in [0.717, 1.165) is 6.54 Å². The number of nitrogens with two attached hydrogens (primary N) is 1. The van der Waals surface area contributed by atoms with Gasteiger partial charge in [0.1, 0.15) is 0 Å². The van der Waals surface area contributed by atoms with Crippen molar-refractivity contribution in [1.29, 1.82) is 0 Å². The number of hydrogen-bond acceptors (Lipinski definition) is 3. The standard InChI is InChI=1S/C7H17N3/c1-9(2)10-5-3-4-7(10)6-8/h7H,3-6,8H2,1-2H3. The van der Waals surface area contributed by atoms with Crippen molar-refractivity contribution >= 4 is 0 Å². The van der Waals surface area contributed by atoms with Gasteiger partial charge in [-0.3, -0.25) is 0 Å². The number of rotatable bonds is 2. The van der Waals surface area contributed by atoms with Crippen molar-refractivity contribution in [1.82, 2.24) is 10.0 Å². The normalized spacial score (nSPS) is 28.2. The van der Waals surface area contributed by atoms with E-state index >= 15 is 0 Å². The van der Waals surface area contributed by atoms with E-state index in [1.807, 2.05) is 0 Å². The molecule has 0 spiro atoms. The summed E-state index contributed by atoms with van der Waals surface area (Å²) in [6.07, 6.45) is 2.55. The van der Waals surface area contributed by atoms with E-state index in [-0.39, 0.29) is 0 Å². The molecule has 1 aliphatic rings. The van der Waals surface area contributed by atoms with Crippen LogP contribution in [0, 0.1) is 0 Å². The van der Waals surface area contributed by atoms with Crippen molar-refractivity contribution < 1.29 is 0 Å². The zero-order valence-corrected chi connectivity index (χ0v) is 6.88. The highest BCUT2D eigenvalue weighted by Crippen LogP contribution is 2.15. The number of hydrazine groups is 1. The lowest BCUT2D eigenvalue weighted by atomic mass is 10.2. The molecule has 1 fully saturated rings. The summed E-state index contributed by atoms with van der Waals surface area (Å²) in [7, 11) is 4.15. The Balaban J connectivity index is 2.42. The Morgan fingerprint density at radius 3 is 2.70 bits per heavy atom. The lowest BCUT2D eigenvalue weighted by molar-refractivity contribution is 0.0153. The molecule has 0 bridgehead atoms. The topological polar surface area (TPSA) is 32.5 Å². The first-order valence-electron chi connectivity index (χ1n) is 3.89. The third kappa shape index (κ3) is 1.48. The molecule has 0 aromatic rings. The average molecular weight is 143 g/mol. The fraction of sp³-hybridized carbons (Fsp3) is 1.00. The van der Waals surface area contributed by atoms with Crippen LogP contribution < -0.4 is 5.73 Å². The molecule has 0 saturated carbocycles. The fourth-order valence-electron chi connectivity index (χ4n) is 1.59. The van der Waals surface area contributed by atoms with Crippen LogP contribution in [0.2, 0.25) is 0 Å². The first-order chi connectivity index (χ1) is 4.75. The van der Waals surface area contributed by atoms with Gasteiger partial charge in [-0.1, -0.05) is 0 Å². The molecular formula is C7H17N3. The Morgan fingerprint density at radius 1 is 1.60 bits per heavy atom. The lowest BCUT2D eigenvalue weighted by Gasteiger charge is -2.29. The van der Waals surface area contributed by atoms with Crippen molar-refractivity contribution in [2.24, 2.45) is 5.73 Å². The van der Waals surface area contributed by atoms with Gasteiger partial charge < -0.3 is 5.73 Å². The first kappa shape index (κ1) is 7.98. The second kappa shape index (κ2) is 3.32. The predicted molar refractivity (Wildman–Crippen MR) is 42.5 cm³/mol. The van der Waals surface area contributed by atoms with Crippen LogP contribution in [-0.4, -0.2) is 43.2 Å². The van der Waals surface area contributed by atoms with Crippen LogP contribution >= 0.6 is 0 Å². The van der Waals surface area contributed by atoms with Gasteiger partial charge in [0.05, 0.1) is 0 Å². The number of nitrogens with zero attached hydrogens (tertiary/aromatic N) is 2. The summed E-state index contributed by atoms with van der Waals surface area (Å²) in [5.41, 5.74) is 5.59. The van der Waals surface area contributed by atoms with Gasteiger partial charge in [-0.15, -0.1) is 0 Å². The minimum absolute atomic E-state index is 0.593. The quantitative estimate of drug-likeness (QED) is 0.585. The second-order valence-corrected chi connectivity index (χ2v) is 3.04. The predicted octanol–water partition coefficient (Wildman–Crippen LogP) is -0.114. The zero-order chi connectivity index (χ0) is 7.56. The molecular weight excluding hydrogens is 126 g/mol. The van der Waals surface area contributed by atoms with Crippen molar-refractivity contribution in [3.8, 4) is 0 Å². The molecule has 1 heterocycles. The summed E-state index contributed by atoms with van der Waals surface area (Å²) < 4.78 is 0. The molecule has 10 heavy (non-hydrogen) atoms. The summed E-state index contributed by atoms with van der Waals surface area (Å²) in [6.45, 7) is 1.97. The molecule has 60 valence electrons. The molecule has 3 nitrogen and oxygen atoms in total. The zero-order valence-electron chi connectivity index (χ0n) is 6.88. The highest BCUT2D eigenvalue weighted by Gasteiger charge is 2.23. The monoisotopic (exact) mass is 143 g/mol. The SMILES string of the molecule is CN(C)N1CCCC1CN. The largest absolute Gasteiger partial charge is 0.329 e. The van der Waals surface area contributed by atoms with Crippen molar-refractivity contribution in [3.05, 3.63) is 0 Å². The van der Waals surface area contributed by atoms with E-state index < -0.39 is 0 Å². The Kier molecular flexibility index (Phi) is 2.65. The Hall–Kier alpha value is -0.120. The first-order valence-corrected chi connectivity index (χ1v) is 3.89. The van der Waals surface area contributed by atoms with Gasteiger partial charge in [0.25, 0.3) is 0 Å². The smallest absolute Gasteiger partial charge is 0.0368 e. The van der Waals surface area contributed by atoms with Crippen molar-refractivity contribution in [3.63, 3.8) is 0 Å².